The van der Waals surface area contributed by atoms with E-state index in [0.717, 1.165) is 37.4 Å². The zero-order valence-corrected chi connectivity index (χ0v) is 11.8. The Morgan fingerprint density at radius 2 is 2.00 bits per heavy atom. The van der Waals surface area contributed by atoms with Gasteiger partial charge >= 0.3 is 0 Å². The Bertz CT molecular complexity index is 412. The Hall–Kier alpha value is -0.870. The number of hydrogen-bond acceptors (Lipinski definition) is 3. The zero-order chi connectivity index (χ0) is 13.0. The first-order valence-electron chi connectivity index (χ1n) is 6.64. The molecule has 3 nitrogen and oxygen atoms in total. The number of benzene rings is 1. The number of para-hydroxylation sites is 1. The van der Waals surface area contributed by atoms with Crippen LogP contribution < -0.4 is 10.6 Å². The van der Waals surface area contributed by atoms with Crippen molar-refractivity contribution in [1.29, 1.82) is 0 Å². The third kappa shape index (κ3) is 3.33. The van der Waals surface area contributed by atoms with Crippen LogP contribution in [0.15, 0.2) is 24.3 Å². The number of nitrogens with zero attached hydrogens (tertiary/aromatic N) is 1. The van der Waals surface area contributed by atoms with E-state index in [4.69, 9.17) is 5.73 Å². The second-order valence-electron chi connectivity index (χ2n) is 4.84. The van der Waals surface area contributed by atoms with Crippen molar-refractivity contribution in [1.82, 2.24) is 0 Å². The standard InChI is InChI=1S/C14H22N2OS/c1-2-13(15)11-12-5-3-4-6-14(12)16-7-9-18(17)10-8-16/h3-6,13H,2,7-11,15H2,1H3. The smallest absolute Gasteiger partial charge is 0.0411 e. The molecule has 1 heterocycles. The van der Waals surface area contributed by atoms with Crippen LogP contribution in [-0.2, 0) is 17.2 Å². The Labute approximate surface area is 112 Å². The van der Waals surface area contributed by atoms with E-state index in [1.54, 1.807) is 0 Å². The molecule has 1 unspecified atom stereocenters. The molecule has 1 aromatic carbocycles. The predicted molar refractivity (Wildman–Crippen MR) is 78.5 cm³/mol. The third-order valence-corrected chi connectivity index (χ3v) is 4.79. The first-order chi connectivity index (χ1) is 8.70. The minimum atomic E-state index is -0.620. The summed E-state index contributed by atoms with van der Waals surface area (Å²) in [7, 11) is -0.620. The van der Waals surface area contributed by atoms with E-state index < -0.39 is 10.8 Å². The average Bonchev–Trinajstić information content (AvgIpc) is 2.40. The molecule has 4 heteroatoms. The number of anilines is 1. The van der Waals surface area contributed by atoms with Gasteiger partial charge in [-0.2, -0.15) is 0 Å². The normalized spacial score (nSPS) is 18.9. The lowest BCUT2D eigenvalue weighted by molar-refractivity contribution is 0.643. The lowest BCUT2D eigenvalue weighted by Gasteiger charge is -2.30. The summed E-state index contributed by atoms with van der Waals surface area (Å²) >= 11 is 0. The molecule has 1 fully saturated rings. The highest BCUT2D eigenvalue weighted by atomic mass is 32.2. The molecule has 0 saturated carbocycles. The van der Waals surface area contributed by atoms with Gasteiger partial charge in [0.1, 0.15) is 0 Å². The quantitative estimate of drug-likeness (QED) is 0.899. The predicted octanol–water partition coefficient (Wildman–Crippen LogP) is 1.54. The highest BCUT2D eigenvalue weighted by molar-refractivity contribution is 7.85. The summed E-state index contributed by atoms with van der Waals surface area (Å²) in [6.07, 6.45) is 1.92. The molecule has 1 atom stereocenters. The average molecular weight is 266 g/mol. The van der Waals surface area contributed by atoms with Crippen LogP contribution >= 0.6 is 0 Å². The summed E-state index contributed by atoms with van der Waals surface area (Å²) in [4.78, 5) is 2.35. The van der Waals surface area contributed by atoms with E-state index in [2.05, 4.69) is 36.1 Å². The molecule has 0 amide bonds. The molecule has 0 aromatic heterocycles. The molecular weight excluding hydrogens is 244 g/mol. The van der Waals surface area contributed by atoms with Crippen molar-refractivity contribution in [3.05, 3.63) is 29.8 Å². The largest absolute Gasteiger partial charge is 0.369 e. The summed E-state index contributed by atoms with van der Waals surface area (Å²) in [5.41, 5.74) is 8.65. The van der Waals surface area contributed by atoms with Crippen molar-refractivity contribution >= 4 is 16.5 Å². The monoisotopic (exact) mass is 266 g/mol. The Kier molecular flexibility index (Phi) is 4.78. The van der Waals surface area contributed by atoms with Crippen LogP contribution in [0.4, 0.5) is 5.69 Å². The molecule has 1 saturated heterocycles. The van der Waals surface area contributed by atoms with E-state index in [1.807, 2.05) is 0 Å². The molecule has 0 bridgehead atoms. The van der Waals surface area contributed by atoms with Gasteiger partial charge in [-0.3, -0.25) is 4.21 Å². The fourth-order valence-corrected chi connectivity index (χ4v) is 3.35. The first kappa shape index (κ1) is 13.6. The van der Waals surface area contributed by atoms with Gasteiger partial charge in [0.05, 0.1) is 0 Å². The van der Waals surface area contributed by atoms with Gasteiger partial charge < -0.3 is 10.6 Å². The van der Waals surface area contributed by atoms with Crippen molar-refractivity contribution in [2.75, 3.05) is 29.5 Å². The van der Waals surface area contributed by atoms with Crippen molar-refractivity contribution in [2.24, 2.45) is 5.73 Å². The first-order valence-corrected chi connectivity index (χ1v) is 8.13. The highest BCUT2D eigenvalue weighted by Gasteiger charge is 2.18. The van der Waals surface area contributed by atoms with Crippen molar-refractivity contribution in [3.8, 4) is 0 Å². The molecule has 100 valence electrons. The number of rotatable bonds is 4. The van der Waals surface area contributed by atoms with Crippen LogP contribution in [0.5, 0.6) is 0 Å². The third-order valence-electron chi connectivity index (χ3n) is 3.52. The fourth-order valence-electron chi connectivity index (χ4n) is 2.30. The Morgan fingerprint density at radius 1 is 1.33 bits per heavy atom. The fraction of sp³-hybridized carbons (Fsp3) is 0.571. The van der Waals surface area contributed by atoms with Crippen molar-refractivity contribution in [3.63, 3.8) is 0 Å². The molecule has 18 heavy (non-hydrogen) atoms. The van der Waals surface area contributed by atoms with Crippen LogP contribution in [0.2, 0.25) is 0 Å². The van der Waals surface area contributed by atoms with Gasteiger partial charge in [0.2, 0.25) is 0 Å². The molecule has 1 aliphatic heterocycles. The van der Waals surface area contributed by atoms with E-state index in [-0.39, 0.29) is 6.04 Å². The molecule has 1 aromatic rings. The van der Waals surface area contributed by atoms with Gasteiger partial charge in [0, 0.05) is 47.1 Å². The van der Waals surface area contributed by atoms with Crippen molar-refractivity contribution < 1.29 is 4.21 Å². The topological polar surface area (TPSA) is 46.3 Å². The van der Waals surface area contributed by atoms with Gasteiger partial charge in [-0.25, -0.2) is 0 Å². The maximum absolute atomic E-state index is 11.4. The van der Waals surface area contributed by atoms with Gasteiger partial charge in [-0.05, 0) is 24.5 Å². The number of nitrogens with two attached hydrogens (primary N) is 1. The zero-order valence-electron chi connectivity index (χ0n) is 11.0. The van der Waals surface area contributed by atoms with Gasteiger partial charge in [0.15, 0.2) is 0 Å². The summed E-state index contributed by atoms with van der Waals surface area (Å²) < 4.78 is 11.4. The van der Waals surface area contributed by atoms with Gasteiger partial charge in [-0.1, -0.05) is 25.1 Å². The molecule has 0 radical (unpaired) electrons. The summed E-state index contributed by atoms with van der Waals surface area (Å²) in [5.74, 6) is 1.57. The highest BCUT2D eigenvalue weighted by Crippen LogP contribution is 2.23. The van der Waals surface area contributed by atoms with Gasteiger partial charge in [0.25, 0.3) is 0 Å². The SMILES string of the molecule is CCC(N)Cc1ccccc1N1CCS(=O)CC1. The minimum absolute atomic E-state index is 0.227. The lowest BCUT2D eigenvalue weighted by atomic mass is 10.0. The van der Waals surface area contributed by atoms with Crippen LogP contribution in [0.3, 0.4) is 0 Å². The molecule has 1 aliphatic rings. The van der Waals surface area contributed by atoms with Crippen LogP contribution in [0.1, 0.15) is 18.9 Å². The van der Waals surface area contributed by atoms with Crippen LogP contribution in [0.25, 0.3) is 0 Å². The maximum Gasteiger partial charge on any atom is 0.0411 e. The second kappa shape index (κ2) is 6.34. The second-order valence-corrected chi connectivity index (χ2v) is 6.53. The van der Waals surface area contributed by atoms with Gasteiger partial charge in [-0.15, -0.1) is 0 Å². The minimum Gasteiger partial charge on any atom is -0.369 e. The molecule has 0 spiro atoms. The molecular formula is C14H22N2OS. The molecule has 2 rings (SSSR count). The summed E-state index contributed by atoms with van der Waals surface area (Å²) in [5, 5.41) is 0. The number of hydrogen-bond donors (Lipinski definition) is 1. The summed E-state index contributed by atoms with van der Waals surface area (Å²) in [6, 6.07) is 8.69. The summed E-state index contributed by atoms with van der Waals surface area (Å²) in [6.45, 7) is 3.91. The Morgan fingerprint density at radius 3 is 2.67 bits per heavy atom. The van der Waals surface area contributed by atoms with Crippen LogP contribution in [0, 0.1) is 0 Å². The van der Waals surface area contributed by atoms with E-state index in [0.29, 0.717) is 0 Å². The van der Waals surface area contributed by atoms with E-state index in [1.165, 1.54) is 11.3 Å². The molecule has 0 aliphatic carbocycles. The van der Waals surface area contributed by atoms with Crippen molar-refractivity contribution in [2.45, 2.75) is 25.8 Å². The molecule has 2 N–H and O–H groups in total. The Balaban J connectivity index is 2.14. The maximum atomic E-state index is 11.4. The van der Waals surface area contributed by atoms with E-state index in [9.17, 15) is 4.21 Å². The van der Waals surface area contributed by atoms with E-state index >= 15 is 0 Å². The van der Waals surface area contributed by atoms with Crippen LogP contribution in [-0.4, -0.2) is 34.8 Å². The lowest BCUT2D eigenvalue weighted by Crippen LogP contribution is -2.38.